The van der Waals surface area contributed by atoms with Crippen molar-refractivity contribution in [3.05, 3.63) is 24.3 Å². The zero-order valence-electron chi connectivity index (χ0n) is 10.6. The van der Waals surface area contributed by atoms with E-state index in [2.05, 4.69) is 49.9 Å². The van der Waals surface area contributed by atoms with Gasteiger partial charge >= 0.3 is 0 Å². The Bertz CT molecular complexity index is 499. The van der Waals surface area contributed by atoms with Crippen LogP contribution in [-0.2, 0) is 0 Å². The SMILES string of the molecule is CC(C)(C)C1CN(c2nc3ccccc3s2)C1. The number of fused-ring (bicyclic) bond motifs is 1. The second-order valence-electron chi connectivity index (χ2n) is 5.93. The fourth-order valence-corrected chi connectivity index (χ4v) is 3.16. The molecule has 2 aromatic rings. The van der Waals surface area contributed by atoms with Gasteiger partial charge in [0.1, 0.15) is 0 Å². The molecule has 0 spiro atoms. The Kier molecular flexibility index (Phi) is 2.40. The summed E-state index contributed by atoms with van der Waals surface area (Å²) < 4.78 is 1.29. The third-order valence-corrected chi connectivity index (χ3v) is 4.76. The predicted molar refractivity (Wildman–Crippen MR) is 74.8 cm³/mol. The highest BCUT2D eigenvalue weighted by Gasteiger charge is 2.36. The van der Waals surface area contributed by atoms with Crippen LogP contribution in [0.1, 0.15) is 20.8 Å². The van der Waals surface area contributed by atoms with Crippen molar-refractivity contribution in [2.45, 2.75) is 20.8 Å². The number of nitrogens with zero attached hydrogens (tertiary/aromatic N) is 2. The lowest BCUT2D eigenvalue weighted by atomic mass is 9.76. The van der Waals surface area contributed by atoms with E-state index in [0.29, 0.717) is 5.41 Å². The lowest BCUT2D eigenvalue weighted by Crippen LogP contribution is -2.52. The Hall–Kier alpha value is -1.09. The van der Waals surface area contributed by atoms with E-state index in [1.54, 1.807) is 0 Å². The highest BCUT2D eigenvalue weighted by atomic mass is 32.1. The van der Waals surface area contributed by atoms with Crippen LogP contribution in [0.3, 0.4) is 0 Å². The van der Waals surface area contributed by atoms with Crippen LogP contribution in [-0.4, -0.2) is 18.1 Å². The van der Waals surface area contributed by atoms with Crippen molar-refractivity contribution >= 4 is 26.7 Å². The summed E-state index contributed by atoms with van der Waals surface area (Å²) in [7, 11) is 0. The summed E-state index contributed by atoms with van der Waals surface area (Å²) in [6, 6.07) is 8.38. The number of para-hydroxylation sites is 1. The topological polar surface area (TPSA) is 16.1 Å². The average Bonchev–Trinajstić information content (AvgIpc) is 2.55. The van der Waals surface area contributed by atoms with Crippen LogP contribution in [0.5, 0.6) is 0 Å². The summed E-state index contributed by atoms with van der Waals surface area (Å²) in [6.07, 6.45) is 0. The highest BCUT2D eigenvalue weighted by Crippen LogP contribution is 2.38. The van der Waals surface area contributed by atoms with Crippen molar-refractivity contribution in [2.75, 3.05) is 18.0 Å². The quantitative estimate of drug-likeness (QED) is 0.761. The molecule has 0 bridgehead atoms. The summed E-state index contributed by atoms with van der Waals surface area (Å²) in [5, 5.41) is 1.19. The largest absolute Gasteiger partial charge is 0.347 e. The zero-order chi connectivity index (χ0) is 12.0. The maximum Gasteiger partial charge on any atom is 0.186 e. The minimum Gasteiger partial charge on any atom is -0.347 e. The summed E-state index contributed by atoms with van der Waals surface area (Å²) in [5.74, 6) is 0.800. The maximum absolute atomic E-state index is 4.70. The van der Waals surface area contributed by atoms with E-state index < -0.39 is 0 Å². The van der Waals surface area contributed by atoms with Crippen molar-refractivity contribution < 1.29 is 0 Å². The van der Waals surface area contributed by atoms with E-state index in [-0.39, 0.29) is 0 Å². The van der Waals surface area contributed by atoms with E-state index in [1.807, 2.05) is 11.3 Å². The maximum atomic E-state index is 4.70. The number of rotatable bonds is 1. The molecule has 1 aromatic carbocycles. The molecule has 1 fully saturated rings. The van der Waals surface area contributed by atoms with E-state index in [0.717, 1.165) is 24.5 Å². The summed E-state index contributed by atoms with van der Waals surface area (Å²) >= 11 is 1.81. The van der Waals surface area contributed by atoms with Gasteiger partial charge in [0, 0.05) is 13.1 Å². The van der Waals surface area contributed by atoms with Gasteiger partial charge in [-0.15, -0.1) is 0 Å². The Morgan fingerprint density at radius 2 is 1.94 bits per heavy atom. The summed E-state index contributed by atoms with van der Waals surface area (Å²) in [4.78, 5) is 7.10. The van der Waals surface area contributed by atoms with Gasteiger partial charge in [0.25, 0.3) is 0 Å². The van der Waals surface area contributed by atoms with Crippen molar-refractivity contribution in [3.8, 4) is 0 Å². The second kappa shape index (κ2) is 3.70. The first-order valence-electron chi connectivity index (χ1n) is 6.14. The predicted octanol–water partition coefficient (Wildman–Crippen LogP) is 3.78. The van der Waals surface area contributed by atoms with Gasteiger partial charge in [-0.25, -0.2) is 4.98 Å². The lowest BCUT2D eigenvalue weighted by Gasteiger charge is -2.46. The Balaban J connectivity index is 1.79. The Morgan fingerprint density at radius 3 is 2.59 bits per heavy atom. The van der Waals surface area contributed by atoms with Crippen LogP contribution < -0.4 is 4.90 Å². The Morgan fingerprint density at radius 1 is 1.24 bits per heavy atom. The fraction of sp³-hybridized carbons (Fsp3) is 0.500. The van der Waals surface area contributed by atoms with Crippen LogP contribution in [0.15, 0.2) is 24.3 Å². The minimum atomic E-state index is 0.424. The van der Waals surface area contributed by atoms with E-state index in [4.69, 9.17) is 4.98 Å². The first-order chi connectivity index (χ1) is 8.04. The van der Waals surface area contributed by atoms with E-state index >= 15 is 0 Å². The van der Waals surface area contributed by atoms with Crippen LogP contribution in [0, 0.1) is 11.3 Å². The minimum absolute atomic E-state index is 0.424. The van der Waals surface area contributed by atoms with Crippen molar-refractivity contribution in [3.63, 3.8) is 0 Å². The van der Waals surface area contributed by atoms with Gasteiger partial charge < -0.3 is 4.90 Å². The number of hydrogen-bond donors (Lipinski definition) is 0. The number of anilines is 1. The average molecular weight is 246 g/mol. The number of thiazole rings is 1. The number of aromatic nitrogens is 1. The third-order valence-electron chi connectivity index (χ3n) is 3.66. The molecular weight excluding hydrogens is 228 g/mol. The molecule has 2 nitrogen and oxygen atoms in total. The standard InChI is InChI=1S/C14H18N2S/c1-14(2,3)10-8-16(9-10)13-15-11-6-4-5-7-12(11)17-13/h4-7,10H,8-9H2,1-3H3. The molecule has 0 aliphatic carbocycles. The molecule has 0 amide bonds. The molecule has 1 saturated heterocycles. The van der Waals surface area contributed by atoms with Gasteiger partial charge in [-0.05, 0) is 23.5 Å². The molecule has 3 rings (SSSR count). The smallest absolute Gasteiger partial charge is 0.186 e. The normalized spacial score (nSPS) is 17.5. The molecule has 0 saturated carbocycles. The van der Waals surface area contributed by atoms with Crippen molar-refractivity contribution in [2.24, 2.45) is 11.3 Å². The molecule has 3 heteroatoms. The molecule has 1 aromatic heterocycles. The molecule has 1 aliphatic rings. The van der Waals surface area contributed by atoms with Crippen LogP contribution in [0.2, 0.25) is 0 Å². The summed E-state index contributed by atoms with van der Waals surface area (Å²) in [5.41, 5.74) is 1.56. The number of hydrogen-bond acceptors (Lipinski definition) is 3. The molecule has 0 atom stereocenters. The van der Waals surface area contributed by atoms with Gasteiger partial charge in [0.15, 0.2) is 5.13 Å². The van der Waals surface area contributed by atoms with Crippen LogP contribution in [0.4, 0.5) is 5.13 Å². The first-order valence-corrected chi connectivity index (χ1v) is 6.96. The van der Waals surface area contributed by atoms with Gasteiger partial charge in [0.2, 0.25) is 0 Å². The van der Waals surface area contributed by atoms with Gasteiger partial charge in [0.05, 0.1) is 10.2 Å². The molecule has 2 heterocycles. The molecule has 17 heavy (non-hydrogen) atoms. The van der Waals surface area contributed by atoms with E-state index in [1.165, 1.54) is 9.83 Å². The van der Waals surface area contributed by atoms with Gasteiger partial charge in [-0.2, -0.15) is 0 Å². The first kappa shape index (κ1) is 11.0. The van der Waals surface area contributed by atoms with Crippen molar-refractivity contribution in [1.82, 2.24) is 4.98 Å². The fourth-order valence-electron chi connectivity index (χ4n) is 2.18. The lowest BCUT2D eigenvalue weighted by molar-refractivity contribution is 0.195. The monoisotopic (exact) mass is 246 g/mol. The van der Waals surface area contributed by atoms with Crippen molar-refractivity contribution in [1.29, 1.82) is 0 Å². The van der Waals surface area contributed by atoms with Gasteiger partial charge in [-0.1, -0.05) is 44.2 Å². The molecule has 0 unspecified atom stereocenters. The number of benzene rings is 1. The Labute approximate surface area is 106 Å². The molecule has 0 N–H and O–H groups in total. The molecular formula is C14H18N2S. The zero-order valence-corrected chi connectivity index (χ0v) is 11.4. The molecule has 1 aliphatic heterocycles. The van der Waals surface area contributed by atoms with Crippen LogP contribution >= 0.6 is 11.3 Å². The second-order valence-corrected chi connectivity index (χ2v) is 6.94. The highest BCUT2D eigenvalue weighted by molar-refractivity contribution is 7.22. The van der Waals surface area contributed by atoms with Crippen LogP contribution in [0.25, 0.3) is 10.2 Å². The summed E-state index contributed by atoms with van der Waals surface area (Å²) in [6.45, 7) is 9.29. The molecule has 90 valence electrons. The third kappa shape index (κ3) is 1.93. The molecule has 0 radical (unpaired) electrons. The van der Waals surface area contributed by atoms with Gasteiger partial charge in [-0.3, -0.25) is 0 Å². The van der Waals surface area contributed by atoms with E-state index in [9.17, 15) is 0 Å².